The van der Waals surface area contributed by atoms with Crippen molar-refractivity contribution in [2.45, 2.75) is 19.6 Å². The van der Waals surface area contributed by atoms with Crippen LogP contribution in [0.5, 0.6) is 5.75 Å². The average Bonchev–Trinajstić information content (AvgIpc) is 3.13. The van der Waals surface area contributed by atoms with Crippen molar-refractivity contribution in [2.24, 2.45) is 0 Å². The second kappa shape index (κ2) is 6.65. The summed E-state index contributed by atoms with van der Waals surface area (Å²) >= 11 is 0. The summed E-state index contributed by atoms with van der Waals surface area (Å²) in [6.45, 7) is 2.01. The topological polar surface area (TPSA) is 80.1 Å². The van der Waals surface area contributed by atoms with Crippen LogP contribution in [0.25, 0.3) is 21.7 Å². The number of aromatic amines is 1. The van der Waals surface area contributed by atoms with Crippen molar-refractivity contribution >= 4 is 21.7 Å². The van der Waals surface area contributed by atoms with Crippen LogP contribution in [-0.2, 0) is 6.54 Å². The lowest BCUT2D eigenvalue weighted by atomic mass is 10.1. The van der Waals surface area contributed by atoms with E-state index < -0.39 is 6.10 Å². The van der Waals surface area contributed by atoms with Crippen LogP contribution in [0.4, 0.5) is 0 Å². The van der Waals surface area contributed by atoms with Crippen LogP contribution >= 0.6 is 0 Å². The molecule has 6 nitrogen and oxygen atoms in total. The molecule has 2 heterocycles. The van der Waals surface area contributed by atoms with Gasteiger partial charge in [-0.25, -0.2) is 4.68 Å². The van der Waals surface area contributed by atoms with E-state index in [2.05, 4.69) is 10.1 Å². The van der Waals surface area contributed by atoms with Gasteiger partial charge in [-0.3, -0.25) is 4.79 Å². The van der Waals surface area contributed by atoms with E-state index >= 15 is 0 Å². The lowest BCUT2D eigenvalue weighted by Crippen LogP contribution is -2.32. The van der Waals surface area contributed by atoms with Crippen LogP contribution < -0.4 is 10.3 Å². The lowest BCUT2D eigenvalue weighted by molar-refractivity contribution is 0.0887. The summed E-state index contributed by atoms with van der Waals surface area (Å²) < 4.78 is 7.06. The summed E-state index contributed by atoms with van der Waals surface area (Å²) in [7, 11) is 0. The summed E-state index contributed by atoms with van der Waals surface area (Å²) in [6.07, 6.45) is 0.991. The Morgan fingerprint density at radius 1 is 1.12 bits per heavy atom. The van der Waals surface area contributed by atoms with E-state index in [9.17, 15) is 9.90 Å². The summed E-state index contributed by atoms with van der Waals surface area (Å²) in [4.78, 5) is 15.7. The lowest BCUT2D eigenvalue weighted by Gasteiger charge is -2.15. The summed E-state index contributed by atoms with van der Waals surface area (Å²) in [6, 6.07) is 15.0. The molecule has 4 aromatic rings. The molecule has 6 heteroatoms. The number of H-pyrrole nitrogens is 1. The van der Waals surface area contributed by atoms with Crippen molar-refractivity contribution in [1.29, 1.82) is 0 Å². The Labute approximate surface area is 149 Å². The molecule has 2 N–H and O–H groups in total. The zero-order chi connectivity index (χ0) is 18.1. The minimum atomic E-state index is -0.852. The van der Waals surface area contributed by atoms with Crippen LogP contribution in [-0.4, -0.2) is 32.6 Å². The van der Waals surface area contributed by atoms with E-state index in [0.29, 0.717) is 11.1 Å². The van der Waals surface area contributed by atoms with Gasteiger partial charge < -0.3 is 14.8 Å². The zero-order valence-corrected chi connectivity index (χ0v) is 14.3. The predicted molar refractivity (Wildman–Crippen MR) is 101 cm³/mol. The number of aliphatic hydroxyl groups excluding tert-OH is 1. The van der Waals surface area contributed by atoms with E-state index in [1.807, 2.05) is 55.6 Å². The van der Waals surface area contributed by atoms with Crippen molar-refractivity contribution < 1.29 is 9.84 Å². The predicted octanol–water partition coefficient (Wildman–Crippen LogP) is 2.63. The number of hydrogen-bond acceptors (Lipinski definition) is 4. The van der Waals surface area contributed by atoms with E-state index in [0.717, 1.165) is 22.0 Å². The Balaban J connectivity index is 1.53. The SMILES string of the molecule is Cc1nn(CC(O)COc2cccc3[nH]ccc23)c(=O)c2ccccc12. The molecule has 132 valence electrons. The monoisotopic (exact) mass is 349 g/mol. The van der Waals surface area contributed by atoms with Gasteiger partial charge in [0.2, 0.25) is 0 Å². The van der Waals surface area contributed by atoms with E-state index in [1.54, 1.807) is 6.07 Å². The highest BCUT2D eigenvalue weighted by Gasteiger charge is 2.13. The number of aliphatic hydroxyl groups is 1. The number of aromatic nitrogens is 3. The molecule has 0 bridgehead atoms. The summed E-state index contributed by atoms with van der Waals surface area (Å²) in [5, 5.41) is 17.1. The summed E-state index contributed by atoms with van der Waals surface area (Å²) in [5.41, 5.74) is 1.52. The van der Waals surface area contributed by atoms with Crippen LogP contribution in [0.1, 0.15) is 5.69 Å². The number of aryl methyl sites for hydroxylation is 1. The van der Waals surface area contributed by atoms with Crippen molar-refractivity contribution in [3.63, 3.8) is 0 Å². The third-order valence-electron chi connectivity index (χ3n) is 4.42. The fraction of sp³-hybridized carbons (Fsp3) is 0.200. The third kappa shape index (κ3) is 2.95. The first-order valence-electron chi connectivity index (χ1n) is 8.47. The fourth-order valence-electron chi connectivity index (χ4n) is 3.15. The Morgan fingerprint density at radius 2 is 1.92 bits per heavy atom. The fourth-order valence-corrected chi connectivity index (χ4v) is 3.15. The molecule has 0 aliphatic carbocycles. The second-order valence-electron chi connectivity index (χ2n) is 6.28. The van der Waals surface area contributed by atoms with Crippen molar-refractivity contribution in [3.05, 3.63) is 70.8 Å². The highest BCUT2D eigenvalue weighted by molar-refractivity contribution is 5.85. The minimum absolute atomic E-state index is 0.0737. The molecule has 0 saturated carbocycles. The smallest absolute Gasteiger partial charge is 0.274 e. The number of benzene rings is 2. The molecule has 26 heavy (non-hydrogen) atoms. The molecule has 2 aromatic heterocycles. The van der Waals surface area contributed by atoms with Gasteiger partial charge in [-0.2, -0.15) is 5.10 Å². The van der Waals surface area contributed by atoms with Gasteiger partial charge >= 0.3 is 0 Å². The van der Waals surface area contributed by atoms with Gasteiger partial charge in [-0.05, 0) is 31.2 Å². The van der Waals surface area contributed by atoms with Crippen molar-refractivity contribution in [2.75, 3.05) is 6.61 Å². The highest BCUT2D eigenvalue weighted by atomic mass is 16.5. The van der Waals surface area contributed by atoms with Gasteiger partial charge in [-0.15, -0.1) is 0 Å². The van der Waals surface area contributed by atoms with Crippen molar-refractivity contribution in [1.82, 2.24) is 14.8 Å². The molecule has 0 spiro atoms. The molecule has 0 aliphatic rings. The number of rotatable bonds is 5. The van der Waals surface area contributed by atoms with Gasteiger partial charge in [0, 0.05) is 22.5 Å². The Hall–Kier alpha value is -3.12. The first kappa shape index (κ1) is 16.4. The quantitative estimate of drug-likeness (QED) is 0.580. The standard InChI is InChI=1S/C20H19N3O3/c1-13-15-5-2-3-6-16(15)20(25)23(22-13)11-14(24)12-26-19-8-4-7-18-17(19)9-10-21-18/h2-10,14,21,24H,11-12H2,1H3. The molecule has 4 rings (SSSR count). The molecule has 0 radical (unpaired) electrons. The zero-order valence-electron chi connectivity index (χ0n) is 14.3. The number of hydrogen-bond donors (Lipinski definition) is 2. The molecule has 0 aliphatic heterocycles. The largest absolute Gasteiger partial charge is 0.490 e. The average molecular weight is 349 g/mol. The van der Waals surface area contributed by atoms with Crippen LogP contribution in [0.2, 0.25) is 0 Å². The first-order valence-corrected chi connectivity index (χ1v) is 8.47. The minimum Gasteiger partial charge on any atom is -0.490 e. The second-order valence-corrected chi connectivity index (χ2v) is 6.28. The molecule has 0 amide bonds. The highest BCUT2D eigenvalue weighted by Crippen LogP contribution is 2.24. The normalized spacial score (nSPS) is 12.5. The number of nitrogens with one attached hydrogen (secondary N) is 1. The molecule has 1 atom stereocenters. The van der Waals surface area contributed by atoms with Gasteiger partial charge in [-0.1, -0.05) is 24.3 Å². The number of fused-ring (bicyclic) bond motifs is 2. The first-order chi connectivity index (χ1) is 12.6. The maximum atomic E-state index is 12.6. The van der Waals surface area contributed by atoms with Gasteiger partial charge in [0.05, 0.1) is 17.6 Å². The van der Waals surface area contributed by atoms with E-state index in [4.69, 9.17) is 4.74 Å². The Morgan fingerprint density at radius 3 is 2.77 bits per heavy atom. The summed E-state index contributed by atoms with van der Waals surface area (Å²) in [5.74, 6) is 0.692. The maximum absolute atomic E-state index is 12.6. The van der Waals surface area contributed by atoms with Gasteiger partial charge in [0.1, 0.15) is 18.5 Å². The van der Waals surface area contributed by atoms with Gasteiger partial charge in [0.25, 0.3) is 5.56 Å². The number of nitrogens with zero attached hydrogens (tertiary/aromatic N) is 2. The molecular formula is C20H19N3O3. The van der Waals surface area contributed by atoms with Crippen LogP contribution in [0.15, 0.2) is 59.5 Å². The van der Waals surface area contributed by atoms with E-state index in [1.165, 1.54) is 4.68 Å². The van der Waals surface area contributed by atoms with Crippen molar-refractivity contribution in [3.8, 4) is 5.75 Å². The number of ether oxygens (including phenoxy) is 1. The van der Waals surface area contributed by atoms with E-state index in [-0.39, 0.29) is 18.7 Å². The molecular weight excluding hydrogens is 330 g/mol. The van der Waals surface area contributed by atoms with Gasteiger partial charge in [0.15, 0.2) is 0 Å². The molecule has 1 unspecified atom stereocenters. The maximum Gasteiger partial charge on any atom is 0.274 e. The van der Waals surface area contributed by atoms with Crippen LogP contribution in [0.3, 0.4) is 0 Å². The molecule has 2 aromatic carbocycles. The molecule has 0 fully saturated rings. The van der Waals surface area contributed by atoms with Crippen LogP contribution in [0, 0.1) is 6.92 Å². The Kier molecular flexibility index (Phi) is 4.18. The Bertz CT molecular complexity index is 1130. The molecule has 0 saturated heterocycles. The third-order valence-corrected chi connectivity index (χ3v) is 4.42.